The molecule has 2 bridgehead atoms. The average Bonchev–Trinajstić information content (AvgIpc) is 3.84. The Hall–Kier alpha value is -6.11. The number of hydrogen-bond acceptors (Lipinski definition) is 8. The number of benzene rings is 3. The number of nitrogens with two attached hydrogens (primary N) is 1. The SMILES string of the molecule is Cc1cc(-n2nc3c(c2-n2ccn(-c4ccc5c(cnn5C)c4F)c2=O)[C@@H]2CC[C@H](C3)N2S(=O)(=O)c2cc3cc(C4CCOC(C)(C)C4)ccc3n2[C@@]2(C(N)=NO)C[C@@H]2C)cc(C)c1F. The lowest BCUT2D eigenvalue weighted by molar-refractivity contribution is -0.0592. The Morgan fingerprint density at radius 2 is 1.69 bits per heavy atom. The number of nitrogens with zero attached hydrogens (tertiary/aromatic N) is 9. The largest absolute Gasteiger partial charge is 0.409 e. The number of amidine groups is 1. The molecule has 15 nitrogen and oxygen atoms in total. The Morgan fingerprint density at radius 1 is 0.969 bits per heavy atom. The van der Waals surface area contributed by atoms with Crippen molar-refractivity contribution in [1.29, 1.82) is 0 Å². The molecule has 3 aliphatic heterocycles. The first kappa shape index (κ1) is 41.6. The number of ether oxygens (including phenoxy) is 1. The van der Waals surface area contributed by atoms with Crippen LogP contribution in [0.1, 0.15) is 92.8 Å². The van der Waals surface area contributed by atoms with Gasteiger partial charge < -0.3 is 20.2 Å². The molecule has 65 heavy (non-hydrogen) atoms. The van der Waals surface area contributed by atoms with Crippen LogP contribution in [0.25, 0.3) is 39.0 Å². The van der Waals surface area contributed by atoms with Crippen molar-refractivity contribution in [2.75, 3.05) is 6.61 Å². The molecule has 3 aromatic carbocycles. The van der Waals surface area contributed by atoms with Gasteiger partial charge in [-0.1, -0.05) is 18.1 Å². The summed E-state index contributed by atoms with van der Waals surface area (Å²) in [5.74, 6) is -0.735. The van der Waals surface area contributed by atoms with Crippen LogP contribution in [0.5, 0.6) is 0 Å². The second-order valence-electron chi connectivity index (χ2n) is 19.1. The fourth-order valence-electron chi connectivity index (χ4n) is 11.4. The van der Waals surface area contributed by atoms with E-state index in [1.165, 1.54) is 33.8 Å². The fraction of sp³-hybridized carbons (Fsp3) is 0.404. The molecule has 4 aliphatic rings. The zero-order chi connectivity index (χ0) is 45.6. The van der Waals surface area contributed by atoms with Crippen molar-refractivity contribution in [3.8, 4) is 17.2 Å². The molecule has 5 atom stereocenters. The predicted molar refractivity (Wildman–Crippen MR) is 240 cm³/mol. The monoisotopic (exact) mass is 904 g/mol. The maximum absolute atomic E-state index is 16.2. The topological polar surface area (TPSA) is 173 Å². The summed E-state index contributed by atoms with van der Waals surface area (Å²) in [4.78, 5) is 14.7. The molecule has 7 heterocycles. The molecule has 338 valence electrons. The van der Waals surface area contributed by atoms with Gasteiger partial charge in [-0.05, 0) is 131 Å². The molecule has 1 aliphatic carbocycles. The van der Waals surface area contributed by atoms with Crippen LogP contribution in [-0.2, 0) is 33.8 Å². The Balaban J connectivity index is 1.09. The van der Waals surface area contributed by atoms with E-state index in [1.54, 1.807) is 63.4 Å². The van der Waals surface area contributed by atoms with Gasteiger partial charge in [-0.2, -0.15) is 14.5 Å². The molecule has 0 amide bonds. The van der Waals surface area contributed by atoms with Crippen LogP contribution in [0.3, 0.4) is 0 Å². The molecule has 0 spiro atoms. The minimum Gasteiger partial charge on any atom is -0.409 e. The van der Waals surface area contributed by atoms with Crippen LogP contribution in [0, 0.1) is 31.4 Å². The molecular weight excluding hydrogens is 855 g/mol. The predicted octanol–water partition coefficient (Wildman–Crippen LogP) is 7.15. The van der Waals surface area contributed by atoms with Gasteiger partial charge in [0.15, 0.2) is 16.7 Å². The quantitative estimate of drug-likeness (QED) is 0.0700. The van der Waals surface area contributed by atoms with E-state index in [0.29, 0.717) is 65.0 Å². The van der Waals surface area contributed by atoms with E-state index >= 15 is 17.2 Å². The van der Waals surface area contributed by atoms with Crippen molar-refractivity contribution in [2.24, 2.45) is 23.9 Å². The van der Waals surface area contributed by atoms with Crippen LogP contribution < -0.4 is 11.4 Å². The molecule has 3 fully saturated rings. The third-order valence-corrected chi connectivity index (χ3v) is 16.6. The van der Waals surface area contributed by atoms with Crippen molar-refractivity contribution < 1.29 is 27.1 Å². The molecule has 0 radical (unpaired) electrons. The van der Waals surface area contributed by atoms with Crippen LogP contribution in [0.4, 0.5) is 8.78 Å². The maximum atomic E-state index is 16.2. The van der Waals surface area contributed by atoms with Gasteiger partial charge in [0.25, 0.3) is 10.0 Å². The first-order valence-corrected chi connectivity index (χ1v) is 23.5. The third-order valence-electron chi connectivity index (χ3n) is 14.7. The van der Waals surface area contributed by atoms with E-state index < -0.39 is 39.2 Å². The lowest BCUT2D eigenvalue weighted by Crippen LogP contribution is -2.44. The van der Waals surface area contributed by atoms with Crippen LogP contribution in [0.2, 0.25) is 0 Å². The molecular formula is C47H50F2N10O5S. The molecule has 7 aromatic rings. The van der Waals surface area contributed by atoms with Crippen molar-refractivity contribution in [2.45, 2.75) is 107 Å². The highest BCUT2D eigenvalue weighted by Crippen LogP contribution is 2.55. The summed E-state index contributed by atoms with van der Waals surface area (Å²) in [6, 6.07) is 13.0. The number of rotatable bonds is 8. The Bertz CT molecular complexity index is 3340. The summed E-state index contributed by atoms with van der Waals surface area (Å²) < 4.78 is 78.0. The first-order valence-electron chi connectivity index (χ1n) is 22.1. The van der Waals surface area contributed by atoms with E-state index in [9.17, 15) is 10.0 Å². The summed E-state index contributed by atoms with van der Waals surface area (Å²) in [6.45, 7) is 10.0. The molecule has 18 heteroatoms. The number of oxime groups is 1. The highest BCUT2D eigenvalue weighted by atomic mass is 32.2. The fourth-order valence-corrected chi connectivity index (χ4v) is 13.5. The van der Waals surface area contributed by atoms with E-state index in [4.69, 9.17) is 15.6 Å². The molecule has 3 N–H and O–H groups in total. The Kier molecular flexibility index (Phi) is 9.08. The number of sulfonamides is 1. The van der Waals surface area contributed by atoms with Gasteiger partial charge in [-0.3, -0.25) is 13.8 Å². The van der Waals surface area contributed by atoms with Gasteiger partial charge in [-0.25, -0.2) is 26.7 Å². The number of halogens is 2. The Labute approximate surface area is 373 Å². The van der Waals surface area contributed by atoms with Crippen molar-refractivity contribution >= 4 is 37.7 Å². The minimum atomic E-state index is -4.40. The zero-order valence-corrected chi connectivity index (χ0v) is 37.8. The second-order valence-corrected chi connectivity index (χ2v) is 20.9. The smallest absolute Gasteiger partial charge is 0.338 e. The van der Waals surface area contributed by atoms with Gasteiger partial charge in [0.05, 0.1) is 51.3 Å². The number of hydrogen-bond donors (Lipinski definition) is 2. The number of fused-ring (bicyclic) bond motifs is 6. The van der Waals surface area contributed by atoms with Crippen molar-refractivity contribution in [1.82, 2.24) is 37.6 Å². The minimum absolute atomic E-state index is 0.0123. The number of imidazole rings is 1. The van der Waals surface area contributed by atoms with Gasteiger partial charge in [-0.15, -0.1) is 0 Å². The van der Waals surface area contributed by atoms with Crippen LogP contribution in [0.15, 0.2) is 82.1 Å². The van der Waals surface area contributed by atoms with Gasteiger partial charge in [0.1, 0.15) is 17.2 Å². The van der Waals surface area contributed by atoms with E-state index in [1.807, 2.05) is 13.0 Å². The van der Waals surface area contributed by atoms with Gasteiger partial charge in [0, 0.05) is 49.5 Å². The average molecular weight is 905 g/mol. The lowest BCUT2D eigenvalue weighted by Gasteiger charge is -2.35. The summed E-state index contributed by atoms with van der Waals surface area (Å²) in [6.07, 6.45) is 7.69. The summed E-state index contributed by atoms with van der Waals surface area (Å²) >= 11 is 0. The zero-order valence-electron chi connectivity index (χ0n) is 37.0. The standard InChI is InChI=1S/C47H50F2N10O5S/c1-25-17-32(18-26(2)41(25)48)58-43(56-15-14-55(45(56)60)38-12-11-36-33(42(38)49)24-51-54(36)6)40-34(52-58)21-31-8-10-37(40)59(31)65(62,63)39-20-30-19-28(29-13-16-64-46(4,5)23-29)7-9-35(30)57(39)47(22-27(47)3)44(50)53-61/h7,9,11-12,14-15,17-20,24,27,29,31,37,61H,8,10,13,16,21-23H2,1-6H3,(H2,50,53)/t27-,29?,31+,37-,47-/m0/s1. The third kappa shape index (κ3) is 5.98. The Morgan fingerprint density at radius 3 is 2.40 bits per heavy atom. The summed E-state index contributed by atoms with van der Waals surface area (Å²) in [5, 5.41) is 23.9. The van der Waals surface area contributed by atoms with Gasteiger partial charge in [0.2, 0.25) is 0 Å². The normalized spacial score (nSPS) is 24.3. The first-order chi connectivity index (χ1) is 30.9. The highest BCUT2D eigenvalue weighted by molar-refractivity contribution is 7.89. The van der Waals surface area contributed by atoms with Crippen LogP contribution in [-0.4, -0.2) is 75.3 Å². The van der Waals surface area contributed by atoms with E-state index in [-0.39, 0.29) is 57.4 Å². The summed E-state index contributed by atoms with van der Waals surface area (Å²) in [7, 11) is -2.69. The molecule has 2 saturated heterocycles. The van der Waals surface area contributed by atoms with E-state index in [2.05, 4.69) is 36.2 Å². The summed E-state index contributed by atoms with van der Waals surface area (Å²) in [5.41, 5.74) is 9.15. The number of aromatic nitrogens is 7. The maximum Gasteiger partial charge on any atom is 0.338 e. The van der Waals surface area contributed by atoms with E-state index in [0.717, 1.165) is 23.8 Å². The molecule has 1 saturated carbocycles. The molecule has 4 aromatic heterocycles. The van der Waals surface area contributed by atoms with Crippen LogP contribution >= 0.6 is 0 Å². The van der Waals surface area contributed by atoms with Crippen molar-refractivity contribution in [3.05, 3.63) is 117 Å². The second kappa shape index (κ2) is 14.2. The lowest BCUT2D eigenvalue weighted by atomic mass is 9.83. The number of aryl methyl sites for hydroxylation is 3. The van der Waals surface area contributed by atoms with Crippen molar-refractivity contribution in [3.63, 3.8) is 0 Å². The molecule has 1 unspecified atom stereocenters. The van der Waals surface area contributed by atoms with Gasteiger partial charge >= 0.3 is 5.69 Å². The highest BCUT2D eigenvalue weighted by Gasteiger charge is 2.60. The molecule has 11 rings (SSSR count).